The number of halogens is 2. The van der Waals surface area contributed by atoms with Crippen molar-refractivity contribution in [1.29, 1.82) is 0 Å². The van der Waals surface area contributed by atoms with E-state index in [1.54, 1.807) is 6.07 Å². The van der Waals surface area contributed by atoms with Crippen LogP contribution in [0.5, 0.6) is 0 Å². The summed E-state index contributed by atoms with van der Waals surface area (Å²) in [6, 6.07) is 1.75. The highest BCUT2D eigenvalue weighted by Crippen LogP contribution is 2.32. The fraction of sp³-hybridized carbons (Fsp3) is 0. The van der Waals surface area contributed by atoms with Gasteiger partial charge in [0.1, 0.15) is 12.0 Å². The Morgan fingerprint density at radius 3 is 2.87 bits per heavy atom. The summed E-state index contributed by atoms with van der Waals surface area (Å²) < 4.78 is 6.35. The van der Waals surface area contributed by atoms with Crippen LogP contribution >= 0.6 is 43.2 Å². The second-order valence-corrected chi connectivity index (χ2v) is 5.82. The second-order valence-electron chi connectivity index (χ2n) is 2.60. The van der Waals surface area contributed by atoms with Crippen molar-refractivity contribution in [2.75, 3.05) is 5.32 Å². The first-order valence-corrected chi connectivity index (χ1v) is 6.22. The van der Waals surface area contributed by atoms with Crippen LogP contribution in [0.2, 0.25) is 0 Å². The van der Waals surface area contributed by atoms with Crippen LogP contribution in [0.1, 0.15) is 9.67 Å². The maximum atomic E-state index is 11.7. The third-order valence-corrected chi connectivity index (χ3v) is 4.81. The molecular weight excluding hydrogens is 348 g/mol. The Bertz CT molecular complexity index is 461. The van der Waals surface area contributed by atoms with Crippen LogP contribution in [-0.2, 0) is 0 Å². The van der Waals surface area contributed by atoms with E-state index >= 15 is 0 Å². The maximum absolute atomic E-state index is 11.7. The molecule has 0 bridgehead atoms. The molecule has 0 atom stereocenters. The standard InChI is InChI=1S/C8H4Br2N2O2S/c9-5-1-6(15-7(5)10)8(13)12-4-2-11-14-3-4/h1-3H,(H,12,13). The molecule has 0 aliphatic heterocycles. The molecule has 1 amide bonds. The SMILES string of the molecule is O=C(Nc1cnoc1)c1cc(Br)c(Br)s1. The number of carbonyl (C=O) groups excluding carboxylic acids is 1. The Hall–Kier alpha value is -0.660. The van der Waals surface area contributed by atoms with Crippen molar-refractivity contribution in [1.82, 2.24) is 5.16 Å². The fourth-order valence-electron chi connectivity index (χ4n) is 0.918. The molecule has 0 fully saturated rings. The lowest BCUT2D eigenvalue weighted by Crippen LogP contribution is -2.09. The van der Waals surface area contributed by atoms with Gasteiger partial charge < -0.3 is 9.84 Å². The number of anilines is 1. The quantitative estimate of drug-likeness (QED) is 0.900. The summed E-state index contributed by atoms with van der Waals surface area (Å²) in [6.45, 7) is 0. The monoisotopic (exact) mass is 350 g/mol. The summed E-state index contributed by atoms with van der Waals surface area (Å²) in [7, 11) is 0. The minimum Gasteiger partial charge on any atom is -0.363 e. The van der Waals surface area contributed by atoms with Crippen LogP contribution < -0.4 is 5.32 Å². The number of thiophene rings is 1. The van der Waals surface area contributed by atoms with Gasteiger partial charge in [0.25, 0.3) is 5.91 Å². The zero-order chi connectivity index (χ0) is 10.8. The van der Waals surface area contributed by atoms with Crippen LogP contribution in [-0.4, -0.2) is 11.1 Å². The van der Waals surface area contributed by atoms with E-state index in [2.05, 4.69) is 46.9 Å². The first-order valence-electron chi connectivity index (χ1n) is 3.82. The molecule has 0 aromatic carbocycles. The predicted molar refractivity (Wildman–Crippen MR) is 64.2 cm³/mol. The van der Waals surface area contributed by atoms with E-state index < -0.39 is 0 Å². The summed E-state index contributed by atoms with van der Waals surface area (Å²) >= 11 is 7.99. The molecule has 2 aromatic heterocycles. The molecule has 0 unspecified atom stereocenters. The van der Waals surface area contributed by atoms with E-state index in [0.717, 1.165) is 8.26 Å². The molecule has 0 spiro atoms. The molecule has 2 heterocycles. The van der Waals surface area contributed by atoms with Gasteiger partial charge >= 0.3 is 0 Å². The molecule has 0 aliphatic carbocycles. The number of hydrogen-bond donors (Lipinski definition) is 1. The van der Waals surface area contributed by atoms with Crippen LogP contribution in [0.4, 0.5) is 5.69 Å². The van der Waals surface area contributed by atoms with Gasteiger partial charge in [0, 0.05) is 4.47 Å². The first kappa shape index (κ1) is 10.8. The van der Waals surface area contributed by atoms with Crippen LogP contribution in [0.15, 0.2) is 31.3 Å². The van der Waals surface area contributed by atoms with Crippen molar-refractivity contribution in [2.24, 2.45) is 0 Å². The minimum atomic E-state index is -0.186. The van der Waals surface area contributed by atoms with Gasteiger partial charge in [-0.15, -0.1) is 11.3 Å². The third kappa shape index (κ3) is 2.47. The average molecular weight is 352 g/mol. The van der Waals surface area contributed by atoms with Crippen molar-refractivity contribution >= 4 is 54.8 Å². The summed E-state index contributed by atoms with van der Waals surface area (Å²) in [4.78, 5) is 12.3. The predicted octanol–water partition coefficient (Wildman–Crippen LogP) is 3.51. The molecule has 0 radical (unpaired) electrons. The van der Waals surface area contributed by atoms with Crippen LogP contribution in [0, 0.1) is 0 Å². The van der Waals surface area contributed by atoms with E-state index in [4.69, 9.17) is 0 Å². The van der Waals surface area contributed by atoms with Gasteiger partial charge in [-0.2, -0.15) is 0 Å². The average Bonchev–Trinajstić information content (AvgIpc) is 2.78. The molecule has 0 saturated carbocycles. The molecule has 2 rings (SSSR count). The lowest BCUT2D eigenvalue weighted by molar-refractivity contribution is 0.103. The van der Waals surface area contributed by atoms with E-state index in [1.165, 1.54) is 23.8 Å². The number of rotatable bonds is 2. The highest BCUT2D eigenvalue weighted by atomic mass is 79.9. The Balaban J connectivity index is 2.15. The zero-order valence-electron chi connectivity index (χ0n) is 7.16. The first-order chi connectivity index (χ1) is 7.16. The van der Waals surface area contributed by atoms with E-state index in [0.29, 0.717) is 10.6 Å². The van der Waals surface area contributed by atoms with Crippen LogP contribution in [0.25, 0.3) is 0 Å². The number of carbonyl (C=O) groups is 1. The topological polar surface area (TPSA) is 55.1 Å². The second kappa shape index (κ2) is 4.46. The number of amides is 1. The highest BCUT2D eigenvalue weighted by Gasteiger charge is 2.12. The molecule has 0 saturated heterocycles. The highest BCUT2D eigenvalue weighted by molar-refractivity contribution is 9.13. The van der Waals surface area contributed by atoms with Gasteiger partial charge in [-0.1, -0.05) is 5.16 Å². The maximum Gasteiger partial charge on any atom is 0.265 e. The molecule has 7 heteroatoms. The summed E-state index contributed by atoms with van der Waals surface area (Å²) in [5.41, 5.74) is 0.542. The largest absolute Gasteiger partial charge is 0.363 e. The van der Waals surface area contributed by atoms with E-state index in [1.807, 2.05) is 0 Å². The lowest BCUT2D eigenvalue weighted by atomic mass is 10.4. The zero-order valence-corrected chi connectivity index (χ0v) is 11.1. The molecule has 2 aromatic rings. The Kier molecular flexibility index (Phi) is 3.22. The molecule has 78 valence electrons. The van der Waals surface area contributed by atoms with E-state index in [9.17, 15) is 4.79 Å². The molecular formula is C8H4Br2N2O2S. The van der Waals surface area contributed by atoms with Gasteiger partial charge in [0.05, 0.1) is 14.9 Å². The van der Waals surface area contributed by atoms with Gasteiger partial charge in [0.15, 0.2) is 0 Å². The Morgan fingerprint density at radius 1 is 1.53 bits per heavy atom. The number of nitrogens with one attached hydrogen (secondary N) is 1. The van der Waals surface area contributed by atoms with Gasteiger partial charge in [-0.25, -0.2) is 0 Å². The van der Waals surface area contributed by atoms with Crippen molar-refractivity contribution in [3.05, 3.63) is 31.7 Å². The van der Waals surface area contributed by atoms with E-state index in [-0.39, 0.29) is 5.91 Å². The van der Waals surface area contributed by atoms with Gasteiger partial charge in [-0.05, 0) is 37.9 Å². The smallest absolute Gasteiger partial charge is 0.265 e. The van der Waals surface area contributed by atoms with Crippen molar-refractivity contribution in [2.45, 2.75) is 0 Å². The summed E-state index contributed by atoms with van der Waals surface area (Å²) in [5, 5.41) is 6.14. The third-order valence-electron chi connectivity index (χ3n) is 1.56. The fourth-order valence-corrected chi connectivity index (χ4v) is 2.85. The molecule has 4 nitrogen and oxygen atoms in total. The number of hydrogen-bond acceptors (Lipinski definition) is 4. The van der Waals surface area contributed by atoms with Crippen molar-refractivity contribution in [3.63, 3.8) is 0 Å². The van der Waals surface area contributed by atoms with Gasteiger partial charge in [0.2, 0.25) is 0 Å². The number of nitrogens with zero attached hydrogens (tertiary/aromatic N) is 1. The van der Waals surface area contributed by atoms with Crippen molar-refractivity contribution < 1.29 is 9.32 Å². The lowest BCUT2D eigenvalue weighted by Gasteiger charge is -1.96. The minimum absolute atomic E-state index is 0.186. The Labute approximate surface area is 106 Å². The Morgan fingerprint density at radius 2 is 2.33 bits per heavy atom. The molecule has 1 N–H and O–H groups in total. The molecule has 15 heavy (non-hydrogen) atoms. The van der Waals surface area contributed by atoms with Crippen LogP contribution in [0.3, 0.4) is 0 Å². The molecule has 0 aliphatic rings. The normalized spacial score (nSPS) is 10.3. The number of aromatic nitrogens is 1. The summed E-state index contributed by atoms with van der Waals surface area (Å²) in [5.74, 6) is -0.186. The van der Waals surface area contributed by atoms with Crippen molar-refractivity contribution in [3.8, 4) is 0 Å². The summed E-state index contributed by atoms with van der Waals surface area (Å²) in [6.07, 6.45) is 2.81. The van der Waals surface area contributed by atoms with Gasteiger partial charge in [-0.3, -0.25) is 4.79 Å².